The van der Waals surface area contributed by atoms with E-state index >= 15 is 0 Å². The van der Waals surface area contributed by atoms with Crippen molar-refractivity contribution in [3.8, 4) is 0 Å². The van der Waals surface area contributed by atoms with Crippen LogP contribution in [-0.4, -0.2) is 55.9 Å². The molecule has 2 bridgehead atoms. The summed E-state index contributed by atoms with van der Waals surface area (Å²) in [5, 5.41) is 14.5. The van der Waals surface area contributed by atoms with Gasteiger partial charge in [0.1, 0.15) is 35.7 Å². The van der Waals surface area contributed by atoms with E-state index in [1.807, 2.05) is 20.1 Å². The van der Waals surface area contributed by atoms with Crippen molar-refractivity contribution in [1.29, 1.82) is 0 Å². The highest BCUT2D eigenvalue weighted by atomic mass is 32.2. The van der Waals surface area contributed by atoms with Gasteiger partial charge in [0, 0.05) is 23.3 Å². The molecule has 2 aliphatic carbocycles. The quantitative estimate of drug-likeness (QED) is 0.521. The van der Waals surface area contributed by atoms with Crippen LogP contribution in [-0.2, 0) is 27.1 Å². The van der Waals surface area contributed by atoms with Crippen LogP contribution in [0.2, 0.25) is 0 Å². The van der Waals surface area contributed by atoms with Crippen molar-refractivity contribution in [2.75, 3.05) is 12.0 Å². The summed E-state index contributed by atoms with van der Waals surface area (Å²) in [6.07, 6.45) is 6.57. The number of nitrogens with zero attached hydrogens (tertiary/aromatic N) is 3. The number of benzene rings is 1. The molecule has 4 atom stereocenters. The Morgan fingerprint density at radius 1 is 1.34 bits per heavy atom. The molecule has 1 aromatic heterocycles. The van der Waals surface area contributed by atoms with Crippen molar-refractivity contribution in [3.05, 3.63) is 48.1 Å². The summed E-state index contributed by atoms with van der Waals surface area (Å²) in [5.74, 6) is -1.55. The van der Waals surface area contributed by atoms with Gasteiger partial charge in [0.05, 0.1) is 17.7 Å². The molecule has 0 radical (unpaired) electrons. The van der Waals surface area contributed by atoms with Crippen LogP contribution in [0.3, 0.4) is 0 Å². The lowest BCUT2D eigenvalue weighted by Gasteiger charge is -2.35. The summed E-state index contributed by atoms with van der Waals surface area (Å²) < 4.78 is 59.5. The van der Waals surface area contributed by atoms with Crippen molar-refractivity contribution in [2.24, 2.45) is 16.7 Å². The van der Waals surface area contributed by atoms with E-state index in [1.54, 1.807) is 6.92 Å². The maximum absolute atomic E-state index is 14.0. The number of aromatic nitrogens is 3. The standard InChI is InChI=1S/C13H15F2N3OS.C10H16O4S/c1-9(20-2)13(19,6-18-8-16-7-17-18)11-4-3-10(14)5-12(11)15;1-9(2)7-3-4-10(9,8(11)5-7)6-15(12,13)14/h3-5,7-9,19H,6H2,1-2H3;7H,3-6H2,1-2H3,(H,12,13,14). The fourth-order valence-electron chi connectivity index (χ4n) is 5.45. The molecule has 0 spiro atoms. The lowest BCUT2D eigenvalue weighted by Crippen LogP contribution is -2.42. The molecule has 0 aliphatic heterocycles. The molecule has 1 aromatic carbocycles. The Bertz CT molecular complexity index is 1180. The smallest absolute Gasteiger partial charge is 0.265 e. The van der Waals surface area contributed by atoms with Gasteiger partial charge in [0.2, 0.25) is 0 Å². The summed E-state index contributed by atoms with van der Waals surface area (Å²) in [4.78, 5) is 15.7. The summed E-state index contributed by atoms with van der Waals surface area (Å²) in [6.45, 7) is 5.71. The molecule has 194 valence electrons. The monoisotopic (exact) mass is 531 g/mol. The zero-order valence-corrected chi connectivity index (χ0v) is 21.7. The van der Waals surface area contributed by atoms with E-state index in [4.69, 9.17) is 4.55 Å². The highest BCUT2D eigenvalue weighted by Gasteiger charge is 2.65. The minimum atomic E-state index is -4.08. The summed E-state index contributed by atoms with van der Waals surface area (Å²) in [5.41, 5.74) is -2.58. The lowest BCUT2D eigenvalue weighted by molar-refractivity contribution is -0.128. The summed E-state index contributed by atoms with van der Waals surface area (Å²) >= 11 is 1.39. The summed E-state index contributed by atoms with van der Waals surface area (Å²) in [6, 6.07) is 3.18. The van der Waals surface area contributed by atoms with Crippen LogP contribution in [0.4, 0.5) is 8.78 Å². The van der Waals surface area contributed by atoms with E-state index in [1.165, 1.54) is 35.2 Å². The fraction of sp³-hybridized carbons (Fsp3) is 0.609. The zero-order chi connectivity index (χ0) is 26.2. The largest absolute Gasteiger partial charge is 0.382 e. The second-order valence-corrected chi connectivity index (χ2v) is 12.5. The summed E-state index contributed by atoms with van der Waals surface area (Å²) in [7, 11) is -4.08. The topological polar surface area (TPSA) is 122 Å². The Morgan fingerprint density at radius 2 is 2.03 bits per heavy atom. The number of rotatable bonds is 7. The molecule has 2 N–H and O–H groups in total. The third-order valence-corrected chi connectivity index (χ3v) is 9.82. The zero-order valence-electron chi connectivity index (χ0n) is 20.1. The molecule has 4 rings (SSSR count). The average Bonchev–Trinajstić information content (AvgIpc) is 3.38. The van der Waals surface area contributed by atoms with Crippen molar-refractivity contribution in [2.45, 2.75) is 57.4 Å². The molecular formula is C23H31F2N3O5S2. The van der Waals surface area contributed by atoms with Crippen LogP contribution in [0.25, 0.3) is 0 Å². The molecule has 2 aliphatic rings. The average molecular weight is 532 g/mol. The molecule has 12 heteroatoms. The number of thioether (sulfide) groups is 1. The van der Waals surface area contributed by atoms with Crippen LogP contribution in [0.1, 0.15) is 45.6 Å². The third kappa shape index (κ3) is 5.30. The minimum Gasteiger partial charge on any atom is -0.382 e. The number of carbonyl (C=O) groups is 1. The number of fused-ring (bicyclic) bond motifs is 2. The van der Waals surface area contributed by atoms with Crippen LogP contribution >= 0.6 is 11.8 Å². The van der Waals surface area contributed by atoms with Gasteiger partial charge in [-0.2, -0.15) is 25.3 Å². The molecule has 4 unspecified atom stereocenters. The highest BCUT2D eigenvalue weighted by Crippen LogP contribution is 2.64. The number of hydrogen-bond donors (Lipinski definition) is 2. The molecule has 0 amide bonds. The fourth-order valence-corrected chi connectivity index (χ4v) is 7.34. The van der Waals surface area contributed by atoms with E-state index in [9.17, 15) is 27.1 Å². The van der Waals surface area contributed by atoms with Crippen LogP contribution in [0.5, 0.6) is 0 Å². The van der Waals surface area contributed by atoms with Gasteiger partial charge in [-0.25, -0.2) is 18.4 Å². The second-order valence-electron chi connectivity index (χ2n) is 9.91. The molecule has 0 saturated heterocycles. The van der Waals surface area contributed by atoms with Gasteiger partial charge in [0.25, 0.3) is 10.1 Å². The van der Waals surface area contributed by atoms with E-state index in [0.29, 0.717) is 12.8 Å². The third-order valence-electron chi connectivity index (χ3n) is 7.86. The number of Topliss-reactive ketones (excluding diaryl/α,β-unsaturated/α-hetero) is 1. The van der Waals surface area contributed by atoms with E-state index in [-0.39, 0.29) is 34.5 Å². The van der Waals surface area contributed by atoms with Crippen molar-refractivity contribution in [3.63, 3.8) is 0 Å². The number of aliphatic hydroxyl groups is 1. The Balaban J connectivity index is 0.000000203. The van der Waals surface area contributed by atoms with Gasteiger partial charge in [-0.15, -0.1) is 0 Å². The molecule has 2 saturated carbocycles. The van der Waals surface area contributed by atoms with Gasteiger partial charge in [-0.1, -0.05) is 26.8 Å². The van der Waals surface area contributed by atoms with Gasteiger partial charge in [-0.05, 0) is 36.5 Å². The first-order chi connectivity index (χ1) is 16.2. The SMILES string of the molecule is CC1(C)C2CCC1(CS(=O)(=O)O)C(=O)C2.CSC(C)C(O)(Cn1cncn1)c1ccc(F)cc1F. The van der Waals surface area contributed by atoms with Crippen molar-refractivity contribution < 1.29 is 31.7 Å². The van der Waals surface area contributed by atoms with Crippen molar-refractivity contribution in [1.82, 2.24) is 14.8 Å². The lowest BCUT2D eigenvalue weighted by atomic mass is 9.70. The first-order valence-electron chi connectivity index (χ1n) is 11.2. The van der Waals surface area contributed by atoms with E-state index in [2.05, 4.69) is 10.1 Å². The van der Waals surface area contributed by atoms with Crippen LogP contribution in [0.15, 0.2) is 30.9 Å². The number of halogens is 2. The van der Waals surface area contributed by atoms with Crippen molar-refractivity contribution >= 4 is 27.7 Å². The van der Waals surface area contributed by atoms with Gasteiger partial charge >= 0.3 is 0 Å². The maximum atomic E-state index is 14.0. The Morgan fingerprint density at radius 3 is 2.49 bits per heavy atom. The van der Waals surface area contributed by atoms with Gasteiger partial charge < -0.3 is 5.11 Å². The molecule has 2 fully saturated rings. The number of hydrogen-bond acceptors (Lipinski definition) is 7. The molecule has 35 heavy (non-hydrogen) atoms. The molecular weight excluding hydrogens is 500 g/mol. The highest BCUT2D eigenvalue weighted by molar-refractivity contribution is 7.99. The van der Waals surface area contributed by atoms with E-state index in [0.717, 1.165) is 18.6 Å². The number of carbonyl (C=O) groups excluding carboxylic acids is 1. The normalized spacial score (nSPS) is 25.6. The molecule has 2 aromatic rings. The Labute approximate surface area is 208 Å². The predicted octanol–water partition coefficient (Wildman–Crippen LogP) is 3.47. The maximum Gasteiger partial charge on any atom is 0.265 e. The first-order valence-corrected chi connectivity index (χ1v) is 14.1. The van der Waals surface area contributed by atoms with Gasteiger partial charge in [-0.3, -0.25) is 9.35 Å². The van der Waals surface area contributed by atoms with Gasteiger partial charge in [0.15, 0.2) is 0 Å². The predicted molar refractivity (Wildman–Crippen MR) is 128 cm³/mol. The minimum absolute atomic E-state index is 0.0152. The number of ketones is 1. The first kappa shape index (κ1) is 27.7. The van der Waals surface area contributed by atoms with Crippen LogP contribution in [0, 0.1) is 28.4 Å². The molecule has 8 nitrogen and oxygen atoms in total. The Kier molecular flexibility index (Phi) is 7.81. The van der Waals surface area contributed by atoms with Crippen LogP contribution < -0.4 is 0 Å². The Hall–Kier alpha value is -1.89. The second kappa shape index (κ2) is 9.87. The van der Waals surface area contributed by atoms with E-state index < -0.39 is 38.5 Å². The molecule has 1 heterocycles.